The zero-order valence-corrected chi connectivity index (χ0v) is 13.1. The summed E-state index contributed by atoms with van der Waals surface area (Å²) in [5, 5.41) is 3.24. The number of hydrogen-bond acceptors (Lipinski definition) is 4. The van der Waals surface area contributed by atoms with E-state index in [1.165, 1.54) is 0 Å². The number of esters is 1. The van der Waals surface area contributed by atoms with Crippen molar-refractivity contribution in [1.82, 2.24) is 5.32 Å². The molecular weight excluding hydrogens is 294 g/mol. The zero-order valence-electron chi connectivity index (χ0n) is 12.4. The molecule has 116 valence electrons. The average Bonchev–Trinajstić information content (AvgIpc) is 2.44. The smallest absolute Gasteiger partial charge is 0.347 e. The number of amides is 1. The van der Waals surface area contributed by atoms with Crippen molar-refractivity contribution < 1.29 is 19.1 Å². The number of rotatable bonds is 7. The van der Waals surface area contributed by atoms with Crippen molar-refractivity contribution in [3.8, 4) is 5.75 Å². The van der Waals surface area contributed by atoms with E-state index in [2.05, 4.69) is 5.32 Å². The summed E-state index contributed by atoms with van der Waals surface area (Å²) in [6.45, 7) is 5.76. The van der Waals surface area contributed by atoms with Crippen LogP contribution in [0.2, 0.25) is 5.02 Å². The molecule has 0 aliphatic rings. The van der Waals surface area contributed by atoms with Crippen molar-refractivity contribution in [3.63, 3.8) is 0 Å². The van der Waals surface area contributed by atoms with Crippen LogP contribution < -0.4 is 10.1 Å². The maximum atomic E-state index is 11.7. The summed E-state index contributed by atoms with van der Waals surface area (Å²) in [7, 11) is 0. The lowest BCUT2D eigenvalue weighted by Crippen LogP contribution is -2.34. The highest BCUT2D eigenvalue weighted by Gasteiger charge is 2.17. The van der Waals surface area contributed by atoms with Gasteiger partial charge >= 0.3 is 5.97 Å². The van der Waals surface area contributed by atoms with Crippen LogP contribution in [-0.2, 0) is 14.3 Å². The van der Waals surface area contributed by atoms with Crippen molar-refractivity contribution in [2.45, 2.75) is 26.9 Å². The van der Waals surface area contributed by atoms with E-state index in [-0.39, 0.29) is 12.5 Å². The second kappa shape index (κ2) is 8.52. The fraction of sp³-hybridized carbons (Fsp3) is 0.467. The Labute approximate surface area is 129 Å². The predicted octanol–water partition coefficient (Wildman–Crippen LogP) is 2.42. The third-order valence-corrected chi connectivity index (χ3v) is 2.76. The van der Waals surface area contributed by atoms with E-state index in [0.717, 1.165) is 0 Å². The van der Waals surface area contributed by atoms with Gasteiger partial charge in [0.05, 0.1) is 0 Å². The third-order valence-electron chi connectivity index (χ3n) is 2.51. The van der Waals surface area contributed by atoms with Gasteiger partial charge in [0.2, 0.25) is 0 Å². The number of hydrogen-bond donors (Lipinski definition) is 1. The van der Waals surface area contributed by atoms with Crippen LogP contribution in [0.5, 0.6) is 5.75 Å². The maximum absolute atomic E-state index is 11.7. The summed E-state index contributed by atoms with van der Waals surface area (Å²) in [6, 6.07) is 6.63. The Kier molecular flexibility index (Phi) is 7.02. The SMILES string of the molecule is CC(C)CNC(=O)COC(=O)[C@@H](C)Oc1ccc(Cl)cc1. The van der Waals surface area contributed by atoms with E-state index in [4.69, 9.17) is 21.1 Å². The largest absolute Gasteiger partial charge is 0.479 e. The van der Waals surface area contributed by atoms with Crippen molar-refractivity contribution in [2.24, 2.45) is 5.92 Å². The van der Waals surface area contributed by atoms with Gasteiger partial charge in [0.15, 0.2) is 12.7 Å². The molecule has 21 heavy (non-hydrogen) atoms. The molecule has 1 aromatic carbocycles. The Bertz CT molecular complexity index is 473. The third kappa shape index (κ3) is 6.99. The number of ether oxygens (including phenoxy) is 2. The summed E-state index contributed by atoms with van der Waals surface area (Å²) in [4.78, 5) is 23.1. The van der Waals surface area contributed by atoms with Crippen molar-refractivity contribution in [3.05, 3.63) is 29.3 Å². The standard InChI is InChI=1S/C15H20ClNO4/c1-10(2)8-17-14(18)9-20-15(19)11(3)21-13-6-4-12(16)5-7-13/h4-7,10-11H,8-9H2,1-3H3,(H,17,18)/t11-/m1/s1. The highest BCUT2D eigenvalue weighted by atomic mass is 35.5. The highest BCUT2D eigenvalue weighted by molar-refractivity contribution is 6.30. The number of carbonyl (C=O) groups excluding carboxylic acids is 2. The monoisotopic (exact) mass is 313 g/mol. The van der Waals surface area contributed by atoms with E-state index < -0.39 is 12.1 Å². The molecule has 0 radical (unpaired) electrons. The van der Waals surface area contributed by atoms with Crippen molar-refractivity contribution in [1.29, 1.82) is 0 Å². The lowest BCUT2D eigenvalue weighted by atomic mass is 10.2. The molecule has 0 heterocycles. The van der Waals surface area contributed by atoms with Crippen LogP contribution >= 0.6 is 11.6 Å². The molecule has 5 nitrogen and oxygen atoms in total. The molecule has 0 bridgehead atoms. The maximum Gasteiger partial charge on any atom is 0.347 e. The number of nitrogens with one attached hydrogen (secondary N) is 1. The predicted molar refractivity (Wildman–Crippen MR) is 80.3 cm³/mol. The van der Waals surface area contributed by atoms with Gasteiger partial charge in [-0.05, 0) is 37.1 Å². The topological polar surface area (TPSA) is 64.6 Å². The molecule has 1 N–H and O–H groups in total. The Balaban J connectivity index is 2.34. The fourth-order valence-corrected chi connectivity index (χ4v) is 1.51. The first kappa shape index (κ1) is 17.3. The Morgan fingerprint density at radius 2 is 1.81 bits per heavy atom. The van der Waals surface area contributed by atoms with Gasteiger partial charge in [-0.15, -0.1) is 0 Å². The van der Waals surface area contributed by atoms with Crippen LogP contribution in [0, 0.1) is 5.92 Å². The van der Waals surface area contributed by atoms with Gasteiger partial charge in [-0.2, -0.15) is 0 Å². The van der Waals surface area contributed by atoms with Crippen LogP contribution in [0.25, 0.3) is 0 Å². The van der Waals surface area contributed by atoms with Crippen LogP contribution in [0.4, 0.5) is 0 Å². The molecule has 0 unspecified atom stereocenters. The van der Waals surface area contributed by atoms with Gasteiger partial charge < -0.3 is 14.8 Å². The van der Waals surface area contributed by atoms with Crippen LogP contribution in [0.1, 0.15) is 20.8 Å². The van der Waals surface area contributed by atoms with Gasteiger partial charge in [0.1, 0.15) is 5.75 Å². The van der Waals surface area contributed by atoms with Gasteiger partial charge in [0, 0.05) is 11.6 Å². The molecule has 0 aromatic heterocycles. The van der Waals surface area contributed by atoms with Crippen LogP contribution in [0.3, 0.4) is 0 Å². The normalized spacial score (nSPS) is 11.9. The van der Waals surface area contributed by atoms with E-state index in [9.17, 15) is 9.59 Å². The highest BCUT2D eigenvalue weighted by Crippen LogP contribution is 2.17. The summed E-state index contributed by atoms with van der Waals surface area (Å²) >= 11 is 5.76. The Hall–Kier alpha value is -1.75. The molecular formula is C15H20ClNO4. The molecule has 1 aromatic rings. The van der Waals surface area contributed by atoms with Crippen LogP contribution in [0.15, 0.2) is 24.3 Å². The minimum absolute atomic E-state index is 0.306. The first-order valence-corrected chi connectivity index (χ1v) is 7.12. The van der Waals surface area contributed by atoms with Gasteiger partial charge in [-0.3, -0.25) is 4.79 Å². The van der Waals surface area contributed by atoms with E-state index >= 15 is 0 Å². The lowest BCUT2D eigenvalue weighted by molar-refractivity contribution is -0.154. The van der Waals surface area contributed by atoms with E-state index in [0.29, 0.717) is 23.2 Å². The van der Waals surface area contributed by atoms with Crippen molar-refractivity contribution >= 4 is 23.5 Å². The molecule has 1 rings (SSSR count). The molecule has 0 spiro atoms. The molecule has 0 saturated carbocycles. The second-order valence-electron chi connectivity index (χ2n) is 5.02. The summed E-state index contributed by atoms with van der Waals surface area (Å²) in [5.41, 5.74) is 0. The minimum Gasteiger partial charge on any atom is -0.479 e. The minimum atomic E-state index is -0.802. The fourth-order valence-electron chi connectivity index (χ4n) is 1.39. The van der Waals surface area contributed by atoms with Gasteiger partial charge in [-0.1, -0.05) is 25.4 Å². The van der Waals surface area contributed by atoms with Crippen molar-refractivity contribution in [2.75, 3.05) is 13.2 Å². The summed E-state index contributed by atoms with van der Waals surface area (Å²) < 4.78 is 10.3. The number of carbonyl (C=O) groups is 2. The number of benzene rings is 1. The first-order valence-electron chi connectivity index (χ1n) is 6.74. The summed E-state index contributed by atoms with van der Waals surface area (Å²) in [6.07, 6.45) is -0.802. The molecule has 0 aliphatic carbocycles. The van der Waals surface area contributed by atoms with Gasteiger partial charge in [0.25, 0.3) is 5.91 Å². The molecule has 0 fully saturated rings. The molecule has 1 amide bonds. The second-order valence-corrected chi connectivity index (χ2v) is 5.46. The molecule has 1 atom stereocenters. The summed E-state index contributed by atoms with van der Waals surface area (Å²) in [5.74, 6) is -0.0645. The van der Waals surface area contributed by atoms with Gasteiger partial charge in [-0.25, -0.2) is 4.79 Å². The zero-order chi connectivity index (χ0) is 15.8. The Morgan fingerprint density at radius 3 is 2.38 bits per heavy atom. The number of halogens is 1. The van der Waals surface area contributed by atoms with E-state index in [1.54, 1.807) is 31.2 Å². The Morgan fingerprint density at radius 1 is 1.19 bits per heavy atom. The van der Waals surface area contributed by atoms with Crippen LogP contribution in [-0.4, -0.2) is 31.1 Å². The molecule has 6 heteroatoms. The first-order chi connectivity index (χ1) is 9.88. The quantitative estimate of drug-likeness (QED) is 0.785. The average molecular weight is 314 g/mol. The van der Waals surface area contributed by atoms with E-state index in [1.807, 2.05) is 13.8 Å². The molecule has 0 saturated heterocycles. The lowest BCUT2D eigenvalue weighted by Gasteiger charge is -2.14. The molecule has 0 aliphatic heterocycles.